The van der Waals surface area contributed by atoms with Gasteiger partial charge in [-0.2, -0.15) is 0 Å². The van der Waals surface area contributed by atoms with Crippen molar-refractivity contribution in [3.63, 3.8) is 0 Å². The predicted octanol–water partition coefficient (Wildman–Crippen LogP) is 2.83. The molecule has 1 rings (SSSR count). The van der Waals surface area contributed by atoms with E-state index >= 15 is 0 Å². The molecular weight excluding hydrogens is 361 g/mol. The first-order valence-corrected chi connectivity index (χ1v) is 6.98. The van der Waals surface area contributed by atoms with Crippen LogP contribution in [0, 0.1) is 3.57 Å². The third-order valence-electron chi connectivity index (χ3n) is 2.55. The molecule has 5 nitrogen and oxygen atoms in total. The molecule has 0 aliphatic rings. The van der Waals surface area contributed by atoms with Crippen LogP contribution in [0.3, 0.4) is 0 Å². The van der Waals surface area contributed by atoms with Crippen LogP contribution in [0.2, 0.25) is 0 Å². The van der Waals surface area contributed by atoms with Crippen molar-refractivity contribution in [3.8, 4) is 0 Å². The summed E-state index contributed by atoms with van der Waals surface area (Å²) < 4.78 is 16.7. The maximum Gasteiger partial charge on any atom is 0.404 e. The van der Waals surface area contributed by atoms with E-state index in [9.17, 15) is 4.79 Å². The molecule has 0 radical (unpaired) electrons. The van der Waals surface area contributed by atoms with Crippen LogP contribution in [0.25, 0.3) is 0 Å². The number of amides is 1. The minimum absolute atomic E-state index is 0.120. The summed E-state index contributed by atoms with van der Waals surface area (Å²) in [5.74, 6) is 0. The number of ether oxygens (including phenoxy) is 3. The molecule has 0 heterocycles. The minimum atomic E-state index is -0.802. The van der Waals surface area contributed by atoms with Crippen LogP contribution >= 0.6 is 22.6 Å². The minimum Gasteiger partial charge on any atom is -0.443 e. The quantitative estimate of drug-likeness (QED) is 0.584. The summed E-state index contributed by atoms with van der Waals surface area (Å²) >= 11 is 2.22. The van der Waals surface area contributed by atoms with Crippen molar-refractivity contribution in [1.29, 1.82) is 0 Å². The molecule has 2 atom stereocenters. The Bertz CT molecular complexity index is 413. The van der Waals surface area contributed by atoms with E-state index in [1.165, 1.54) is 0 Å². The molecule has 0 aromatic heterocycles. The molecule has 0 aliphatic heterocycles. The van der Waals surface area contributed by atoms with E-state index in [1.807, 2.05) is 31.2 Å². The molecule has 0 unspecified atom stereocenters. The van der Waals surface area contributed by atoms with E-state index in [0.717, 1.165) is 9.13 Å². The Morgan fingerprint density at radius 3 is 2.74 bits per heavy atom. The summed E-state index contributed by atoms with van der Waals surface area (Å²) in [5, 5.41) is 0. The van der Waals surface area contributed by atoms with Crippen LogP contribution in [-0.4, -0.2) is 26.1 Å². The number of nitrogens with two attached hydrogens (primary N) is 1. The van der Waals surface area contributed by atoms with Crippen molar-refractivity contribution in [1.82, 2.24) is 0 Å². The zero-order valence-corrected chi connectivity index (χ0v) is 13.1. The summed E-state index contributed by atoms with van der Waals surface area (Å²) in [5.41, 5.74) is 6.02. The number of hydrogen-bond donors (Lipinski definition) is 1. The molecule has 2 N–H and O–H groups in total. The molecular formula is C13H18INO4. The summed E-state index contributed by atoms with van der Waals surface area (Å²) in [4.78, 5) is 11.0. The lowest BCUT2D eigenvalue weighted by Gasteiger charge is -2.26. The van der Waals surface area contributed by atoms with Crippen molar-refractivity contribution in [3.05, 3.63) is 33.4 Å². The highest BCUT2D eigenvalue weighted by molar-refractivity contribution is 14.1. The van der Waals surface area contributed by atoms with Gasteiger partial charge in [-0.1, -0.05) is 19.1 Å². The Morgan fingerprint density at radius 1 is 1.47 bits per heavy atom. The Labute approximate surface area is 126 Å². The van der Waals surface area contributed by atoms with E-state index in [4.69, 9.17) is 19.9 Å². The van der Waals surface area contributed by atoms with Gasteiger partial charge in [0.25, 0.3) is 0 Å². The van der Waals surface area contributed by atoms with E-state index in [0.29, 0.717) is 6.42 Å². The maximum absolute atomic E-state index is 11.0. The van der Waals surface area contributed by atoms with E-state index < -0.39 is 18.3 Å². The molecule has 6 heteroatoms. The number of carbonyl (C=O) groups excluding carboxylic acids is 1. The van der Waals surface area contributed by atoms with Gasteiger partial charge in [-0.05, 0) is 46.7 Å². The number of primary amides is 1. The molecule has 0 spiro atoms. The van der Waals surface area contributed by atoms with Gasteiger partial charge in [0.05, 0.1) is 0 Å². The first kappa shape index (κ1) is 16.2. The maximum atomic E-state index is 11.0. The van der Waals surface area contributed by atoms with Gasteiger partial charge in [0, 0.05) is 10.7 Å². The third kappa shape index (κ3) is 5.33. The lowest BCUT2D eigenvalue weighted by atomic mass is 10.0. The largest absolute Gasteiger partial charge is 0.443 e. The van der Waals surface area contributed by atoms with Crippen molar-refractivity contribution in [2.75, 3.05) is 13.9 Å². The SMILES string of the molecule is CC[C@@H](OC(N)=O)[C@H](OCOC)c1cccc(I)c1. The number of methoxy groups -OCH3 is 1. The molecule has 0 aliphatic carbocycles. The molecule has 19 heavy (non-hydrogen) atoms. The van der Waals surface area contributed by atoms with Gasteiger partial charge >= 0.3 is 6.09 Å². The van der Waals surface area contributed by atoms with Crippen LogP contribution in [-0.2, 0) is 14.2 Å². The number of benzene rings is 1. The zero-order chi connectivity index (χ0) is 14.3. The van der Waals surface area contributed by atoms with Gasteiger partial charge < -0.3 is 19.9 Å². The Hall–Kier alpha value is -0.860. The predicted molar refractivity (Wildman–Crippen MR) is 79.6 cm³/mol. The fraction of sp³-hybridized carbons (Fsp3) is 0.462. The van der Waals surface area contributed by atoms with Crippen LogP contribution in [0.5, 0.6) is 0 Å². The fourth-order valence-electron chi connectivity index (χ4n) is 1.75. The molecule has 1 amide bonds. The number of carbonyl (C=O) groups is 1. The molecule has 0 saturated heterocycles. The summed E-state index contributed by atoms with van der Waals surface area (Å²) in [6, 6.07) is 7.81. The third-order valence-corrected chi connectivity index (χ3v) is 3.22. The van der Waals surface area contributed by atoms with Gasteiger partial charge in [-0.25, -0.2) is 4.79 Å². The van der Waals surface area contributed by atoms with Gasteiger partial charge in [-0.3, -0.25) is 0 Å². The second-order valence-corrected chi connectivity index (χ2v) is 5.18. The zero-order valence-electron chi connectivity index (χ0n) is 11.0. The van der Waals surface area contributed by atoms with E-state index in [2.05, 4.69) is 22.6 Å². The summed E-state index contributed by atoms with van der Waals surface area (Å²) in [7, 11) is 1.54. The Balaban J connectivity index is 2.94. The molecule has 1 aromatic carbocycles. The van der Waals surface area contributed by atoms with Gasteiger partial charge in [-0.15, -0.1) is 0 Å². The number of rotatable bonds is 7. The lowest BCUT2D eigenvalue weighted by molar-refractivity contribution is -0.116. The highest BCUT2D eigenvalue weighted by atomic mass is 127. The average Bonchev–Trinajstić information content (AvgIpc) is 2.37. The molecule has 0 fully saturated rings. The van der Waals surface area contributed by atoms with Gasteiger partial charge in [0.1, 0.15) is 19.0 Å². The summed E-state index contributed by atoms with van der Waals surface area (Å²) in [6.07, 6.45) is -1.04. The van der Waals surface area contributed by atoms with Crippen molar-refractivity contribution < 1.29 is 19.0 Å². The van der Waals surface area contributed by atoms with Gasteiger partial charge in [0.15, 0.2) is 0 Å². The van der Waals surface area contributed by atoms with Gasteiger partial charge in [0.2, 0.25) is 0 Å². The van der Waals surface area contributed by atoms with E-state index in [-0.39, 0.29) is 6.79 Å². The smallest absolute Gasteiger partial charge is 0.404 e. The van der Waals surface area contributed by atoms with Crippen LogP contribution < -0.4 is 5.73 Å². The first-order chi connectivity index (χ1) is 9.08. The number of halogens is 1. The van der Waals surface area contributed by atoms with Crippen molar-refractivity contribution in [2.24, 2.45) is 5.73 Å². The topological polar surface area (TPSA) is 70.8 Å². The fourth-order valence-corrected chi connectivity index (χ4v) is 2.32. The normalized spacial score (nSPS) is 13.8. The average molecular weight is 379 g/mol. The first-order valence-electron chi connectivity index (χ1n) is 5.90. The monoisotopic (exact) mass is 379 g/mol. The Morgan fingerprint density at radius 2 is 2.21 bits per heavy atom. The molecule has 0 bridgehead atoms. The van der Waals surface area contributed by atoms with Crippen LogP contribution in [0.4, 0.5) is 4.79 Å². The van der Waals surface area contributed by atoms with Crippen molar-refractivity contribution in [2.45, 2.75) is 25.6 Å². The molecule has 106 valence electrons. The van der Waals surface area contributed by atoms with Crippen molar-refractivity contribution >= 4 is 28.7 Å². The number of hydrogen-bond acceptors (Lipinski definition) is 4. The van der Waals surface area contributed by atoms with E-state index in [1.54, 1.807) is 7.11 Å². The highest BCUT2D eigenvalue weighted by Crippen LogP contribution is 2.27. The summed E-state index contributed by atoms with van der Waals surface area (Å²) in [6.45, 7) is 2.03. The second kappa shape index (κ2) is 8.34. The molecule has 0 saturated carbocycles. The highest BCUT2D eigenvalue weighted by Gasteiger charge is 2.25. The second-order valence-electron chi connectivity index (χ2n) is 3.93. The molecule has 1 aromatic rings. The standard InChI is InChI=1S/C13H18INO4/c1-3-11(19-13(15)16)12(18-8-17-2)9-5-4-6-10(14)7-9/h4-7,11-12H,3,8H2,1-2H3,(H2,15,16)/t11-,12-/m1/s1. The van der Waals surface area contributed by atoms with Crippen LogP contribution in [0.15, 0.2) is 24.3 Å². The lowest BCUT2D eigenvalue weighted by Crippen LogP contribution is -2.30. The van der Waals surface area contributed by atoms with Crippen LogP contribution in [0.1, 0.15) is 25.0 Å². The Kier molecular flexibility index (Phi) is 7.11.